The molecule has 7 aromatic carbocycles. The second-order valence-electron chi connectivity index (χ2n) is 14.1. The second-order valence-corrected chi connectivity index (χ2v) is 18.5. The van der Waals surface area contributed by atoms with Gasteiger partial charge in [-0.25, -0.2) is 0 Å². The third kappa shape index (κ3) is 3.47. The van der Waals surface area contributed by atoms with Crippen LogP contribution in [0, 0.1) is 0 Å². The molecule has 0 spiro atoms. The van der Waals surface area contributed by atoms with Gasteiger partial charge >= 0.3 is 6.85 Å². The number of hydrogen-bond donors (Lipinski definition) is 0. The van der Waals surface area contributed by atoms with Crippen LogP contribution in [0.1, 0.15) is 0 Å². The highest BCUT2D eigenvalue weighted by molar-refractivity contribution is 7.05. The maximum atomic E-state index is 2.71. The number of benzene rings is 7. The summed E-state index contributed by atoms with van der Waals surface area (Å²) < 4.78 is 2.57. The Kier molecular flexibility index (Phi) is 5.36. The van der Waals surface area contributed by atoms with Gasteiger partial charge < -0.3 is 14.3 Å². The molecule has 49 heavy (non-hydrogen) atoms. The Hall–Kier alpha value is -5.78. The largest absolute Gasteiger partial charge is 0.377 e. The van der Waals surface area contributed by atoms with Gasteiger partial charge in [0.05, 0.1) is 11.0 Å². The Labute approximate surface area is 287 Å². The monoisotopic (exact) mass is 641 g/mol. The van der Waals surface area contributed by atoms with Crippen molar-refractivity contribution in [2.75, 3.05) is 9.71 Å². The van der Waals surface area contributed by atoms with Crippen molar-refractivity contribution < 1.29 is 0 Å². The molecule has 1 aromatic heterocycles. The van der Waals surface area contributed by atoms with E-state index in [1.165, 1.54) is 71.3 Å². The van der Waals surface area contributed by atoms with Crippen LogP contribution in [0.2, 0.25) is 13.1 Å². The molecule has 0 N–H and O–H groups in total. The molecular weight excluding hydrogens is 609 g/mol. The highest BCUT2D eigenvalue weighted by Crippen LogP contribution is 2.48. The van der Waals surface area contributed by atoms with Crippen LogP contribution in [0.5, 0.6) is 0 Å². The molecule has 5 heteroatoms. The molecular formula is C44H32BN3Si. The van der Waals surface area contributed by atoms with E-state index in [1.54, 1.807) is 0 Å². The van der Waals surface area contributed by atoms with Crippen LogP contribution < -0.4 is 31.0 Å². The summed E-state index contributed by atoms with van der Waals surface area (Å²) in [5, 5.41) is 5.64. The van der Waals surface area contributed by atoms with Crippen LogP contribution in [0.4, 0.5) is 28.4 Å². The summed E-state index contributed by atoms with van der Waals surface area (Å²) in [5.41, 5.74) is 15.4. The van der Waals surface area contributed by atoms with Crippen molar-refractivity contribution in [3.8, 4) is 16.8 Å². The van der Waals surface area contributed by atoms with Gasteiger partial charge in [-0.3, -0.25) is 0 Å². The molecule has 230 valence electrons. The summed E-state index contributed by atoms with van der Waals surface area (Å²) in [5.74, 6) is 0. The lowest BCUT2D eigenvalue weighted by Crippen LogP contribution is -2.68. The van der Waals surface area contributed by atoms with Crippen molar-refractivity contribution in [3.05, 3.63) is 158 Å². The third-order valence-electron chi connectivity index (χ3n) is 11.3. The Morgan fingerprint density at radius 3 is 1.98 bits per heavy atom. The molecule has 0 saturated carbocycles. The highest BCUT2D eigenvalue weighted by atomic mass is 28.3. The lowest BCUT2D eigenvalue weighted by Gasteiger charge is -2.49. The van der Waals surface area contributed by atoms with Crippen LogP contribution in [-0.2, 0) is 0 Å². The maximum absolute atomic E-state index is 2.71. The van der Waals surface area contributed by atoms with Crippen molar-refractivity contribution in [1.29, 1.82) is 0 Å². The van der Waals surface area contributed by atoms with Crippen molar-refractivity contribution in [3.63, 3.8) is 0 Å². The summed E-state index contributed by atoms with van der Waals surface area (Å²) >= 11 is 0. The van der Waals surface area contributed by atoms with Gasteiger partial charge in [0, 0.05) is 50.5 Å². The fraction of sp³-hybridized carbons (Fsp3) is 0.0455. The number of rotatable bonds is 3. The number of fused-ring (bicyclic) bond motifs is 9. The summed E-state index contributed by atoms with van der Waals surface area (Å²) in [7, 11) is -2.01. The standard InChI is InChI=1S/C44H32BN3Si/c1-49(2)40-25-12-11-24-38(40)48-44-34(21-14-26-41(44)49)35-27-31(46(29-15-5-3-6-16-29)30-17-7-4-8-18-30)28-39-42(35)45(48)36-22-13-20-33-32-19-9-10-23-37(32)47(39)43(33)36/h3-28H,1-2H3. The first-order valence-corrected chi connectivity index (χ1v) is 20.2. The predicted molar refractivity (Wildman–Crippen MR) is 211 cm³/mol. The van der Waals surface area contributed by atoms with Crippen molar-refractivity contribution in [2.45, 2.75) is 13.1 Å². The summed E-state index contributed by atoms with van der Waals surface area (Å²) in [6, 6.07) is 58.8. The number of aromatic nitrogens is 1. The minimum Gasteiger partial charge on any atom is -0.377 e. The normalized spacial score (nSPS) is 14.4. The smallest absolute Gasteiger partial charge is 0.333 e. The molecule has 0 radical (unpaired) electrons. The molecule has 3 nitrogen and oxygen atoms in total. The Morgan fingerprint density at radius 2 is 1.18 bits per heavy atom. The van der Waals surface area contributed by atoms with Gasteiger partial charge in [-0.2, -0.15) is 0 Å². The van der Waals surface area contributed by atoms with E-state index in [9.17, 15) is 0 Å². The molecule has 0 fully saturated rings. The van der Waals surface area contributed by atoms with Crippen molar-refractivity contribution in [2.24, 2.45) is 0 Å². The topological polar surface area (TPSA) is 11.4 Å². The minimum atomic E-state index is -2.01. The first-order valence-electron chi connectivity index (χ1n) is 17.2. The molecule has 3 aliphatic rings. The van der Waals surface area contributed by atoms with Crippen LogP contribution in [0.15, 0.2) is 158 Å². The first kappa shape index (κ1) is 27.2. The fourth-order valence-electron chi connectivity index (χ4n) is 9.26. The number of hydrogen-bond acceptors (Lipinski definition) is 2. The van der Waals surface area contributed by atoms with Gasteiger partial charge in [0.15, 0.2) is 0 Å². The molecule has 0 aliphatic carbocycles. The summed E-state index contributed by atoms with van der Waals surface area (Å²) in [4.78, 5) is 5.14. The lowest BCUT2D eigenvalue weighted by molar-refractivity contribution is 1.17. The van der Waals surface area contributed by atoms with Crippen LogP contribution in [-0.4, -0.2) is 19.5 Å². The van der Waals surface area contributed by atoms with Gasteiger partial charge in [-0.15, -0.1) is 0 Å². The quantitative estimate of drug-likeness (QED) is 0.179. The van der Waals surface area contributed by atoms with E-state index in [2.05, 4.69) is 185 Å². The van der Waals surface area contributed by atoms with Gasteiger partial charge in [0.25, 0.3) is 0 Å². The SMILES string of the molecule is C[Si]1(C)c2ccccc2N2B3c4c(cc(N(c5ccccc5)c5ccccc5)cc4-n4c5ccccc5c5cccc3c54)-c3cccc1c32. The summed E-state index contributed by atoms with van der Waals surface area (Å²) in [6.07, 6.45) is 0. The van der Waals surface area contributed by atoms with E-state index in [0.29, 0.717) is 0 Å². The Balaban J connectivity index is 1.33. The van der Waals surface area contributed by atoms with E-state index >= 15 is 0 Å². The molecule has 3 aliphatic heterocycles. The zero-order chi connectivity index (χ0) is 32.4. The third-order valence-corrected chi connectivity index (χ3v) is 14.8. The zero-order valence-electron chi connectivity index (χ0n) is 27.4. The average molecular weight is 642 g/mol. The van der Waals surface area contributed by atoms with Gasteiger partial charge in [0.1, 0.15) is 8.07 Å². The van der Waals surface area contributed by atoms with E-state index in [0.717, 1.165) is 17.1 Å². The molecule has 8 aromatic rings. The molecule has 0 saturated heterocycles. The van der Waals surface area contributed by atoms with Crippen molar-refractivity contribution >= 4 is 86.5 Å². The van der Waals surface area contributed by atoms with Crippen molar-refractivity contribution in [1.82, 2.24) is 4.57 Å². The molecule has 4 heterocycles. The number of anilines is 5. The van der Waals surface area contributed by atoms with Gasteiger partial charge in [-0.05, 0) is 75.4 Å². The molecule has 0 bridgehead atoms. The number of nitrogens with zero attached hydrogens (tertiary/aromatic N) is 3. The minimum absolute atomic E-state index is 0.0429. The van der Waals surface area contributed by atoms with E-state index in [-0.39, 0.29) is 6.85 Å². The van der Waals surface area contributed by atoms with Gasteiger partial charge in [-0.1, -0.05) is 122 Å². The van der Waals surface area contributed by atoms with Crippen LogP contribution >= 0.6 is 0 Å². The van der Waals surface area contributed by atoms with Gasteiger partial charge in [0.2, 0.25) is 0 Å². The predicted octanol–water partition coefficient (Wildman–Crippen LogP) is 8.63. The van der Waals surface area contributed by atoms with Crippen LogP contribution in [0.25, 0.3) is 38.6 Å². The molecule has 11 rings (SSSR count). The Bertz CT molecular complexity index is 2620. The van der Waals surface area contributed by atoms with Crippen LogP contribution in [0.3, 0.4) is 0 Å². The van der Waals surface area contributed by atoms with E-state index in [1.807, 2.05) is 0 Å². The maximum Gasteiger partial charge on any atom is 0.333 e. The lowest BCUT2D eigenvalue weighted by atomic mass is 9.44. The number of para-hydroxylation sites is 6. The average Bonchev–Trinajstić information content (AvgIpc) is 3.49. The second kappa shape index (κ2) is 9.65. The molecule has 0 unspecified atom stereocenters. The highest BCUT2D eigenvalue weighted by Gasteiger charge is 2.49. The Morgan fingerprint density at radius 1 is 0.531 bits per heavy atom. The molecule has 0 atom stereocenters. The molecule has 0 amide bonds. The fourth-order valence-corrected chi connectivity index (χ4v) is 12.3. The summed E-state index contributed by atoms with van der Waals surface area (Å²) in [6.45, 7) is 5.10. The van der Waals surface area contributed by atoms with E-state index in [4.69, 9.17) is 0 Å². The zero-order valence-corrected chi connectivity index (χ0v) is 28.4. The first-order chi connectivity index (χ1) is 24.1. The van der Waals surface area contributed by atoms with E-state index < -0.39 is 8.07 Å².